The second-order valence-electron chi connectivity index (χ2n) is 2.17. The summed E-state index contributed by atoms with van der Waals surface area (Å²) in [5.41, 5.74) is 0. The van der Waals surface area contributed by atoms with E-state index in [1.54, 1.807) is 0 Å². The van der Waals surface area contributed by atoms with Gasteiger partial charge in [0, 0.05) is 6.61 Å². The van der Waals surface area contributed by atoms with E-state index in [0.29, 0.717) is 0 Å². The SMILES string of the molecule is Br.N=CCCCNCCCO. The first-order valence-electron chi connectivity index (χ1n) is 3.72. The Bertz CT molecular complexity index is 80.8. The molecule has 0 bridgehead atoms. The van der Waals surface area contributed by atoms with Crippen molar-refractivity contribution in [2.75, 3.05) is 19.7 Å². The normalized spacial score (nSPS) is 8.82. The van der Waals surface area contributed by atoms with Crippen molar-refractivity contribution >= 4 is 23.2 Å². The zero-order chi connectivity index (χ0) is 7.66. The number of hydrogen-bond donors (Lipinski definition) is 3. The van der Waals surface area contributed by atoms with E-state index in [1.165, 1.54) is 6.21 Å². The van der Waals surface area contributed by atoms with Crippen molar-refractivity contribution in [2.45, 2.75) is 19.3 Å². The molecule has 0 aromatic rings. The molecule has 3 nitrogen and oxygen atoms in total. The van der Waals surface area contributed by atoms with Crippen molar-refractivity contribution in [3.63, 3.8) is 0 Å². The van der Waals surface area contributed by atoms with Gasteiger partial charge in [-0.15, -0.1) is 17.0 Å². The molecule has 0 amide bonds. The van der Waals surface area contributed by atoms with Crippen LogP contribution in [0.25, 0.3) is 0 Å². The second kappa shape index (κ2) is 12.7. The minimum atomic E-state index is 0. The summed E-state index contributed by atoms with van der Waals surface area (Å²) in [6.45, 7) is 2.10. The zero-order valence-corrected chi connectivity index (χ0v) is 8.39. The Morgan fingerprint density at radius 1 is 1.27 bits per heavy atom. The predicted octanol–water partition coefficient (Wildman–Crippen LogP) is 0.966. The molecule has 0 rings (SSSR count). The lowest BCUT2D eigenvalue weighted by Crippen LogP contribution is -2.17. The second-order valence-corrected chi connectivity index (χ2v) is 2.17. The van der Waals surface area contributed by atoms with Crippen LogP contribution in [-0.2, 0) is 0 Å². The third-order valence-corrected chi connectivity index (χ3v) is 1.21. The van der Waals surface area contributed by atoms with Gasteiger partial charge in [0.25, 0.3) is 0 Å². The van der Waals surface area contributed by atoms with Crippen LogP contribution in [0.4, 0.5) is 0 Å². The predicted molar refractivity (Wildman–Crippen MR) is 52.9 cm³/mol. The third kappa shape index (κ3) is 13.1. The number of halogens is 1. The summed E-state index contributed by atoms with van der Waals surface area (Å²) in [5, 5.41) is 18.3. The highest BCUT2D eigenvalue weighted by Crippen LogP contribution is 1.81. The molecule has 0 aromatic heterocycles. The van der Waals surface area contributed by atoms with Gasteiger partial charge < -0.3 is 15.8 Å². The maximum absolute atomic E-state index is 8.39. The summed E-state index contributed by atoms with van der Waals surface area (Å²) >= 11 is 0. The smallest absolute Gasteiger partial charge is 0.0443 e. The fourth-order valence-corrected chi connectivity index (χ4v) is 0.658. The number of unbranched alkanes of at least 4 members (excludes halogenated alkanes) is 1. The van der Waals surface area contributed by atoms with Gasteiger partial charge in [0.2, 0.25) is 0 Å². The number of hydrogen-bond acceptors (Lipinski definition) is 3. The van der Waals surface area contributed by atoms with Crippen LogP contribution in [0.15, 0.2) is 0 Å². The van der Waals surface area contributed by atoms with Gasteiger partial charge >= 0.3 is 0 Å². The Balaban J connectivity index is 0. The molecular formula is C7H17BrN2O. The highest BCUT2D eigenvalue weighted by atomic mass is 79.9. The molecule has 0 radical (unpaired) electrons. The first kappa shape index (κ1) is 13.6. The fraction of sp³-hybridized carbons (Fsp3) is 0.857. The zero-order valence-electron chi connectivity index (χ0n) is 6.68. The van der Waals surface area contributed by atoms with Crippen LogP contribution in [-0.4, -0.2) is 31.0 Å². The lowest BCUT2D eigenvalue weighted by atomic mass is 10.3. The monoisotopic (exact) mass is 224 g/mol. The quantitative estimate of drug-likeness (QED) is 0.446. The standard InChI is InChI=1S/C7H16N2O.BrH/c8-4-1-2-5-9-6-3-7-10;/h4,8-10H,1-3,5-7H2;1H. The molecule has 0 unspecified atom stereocenters. The van der Waals surface area contributed by atoms with E-state index in [-0.39, 0.29) is 23.6 Å². The molecule has 11 heavy (non-hydrogen) atoms. The van der Waals surface area contributed by atoms with E-state index in [0.717, 1.165) is 32.4 Å². The first-order valence-corrected chi connectivity index (χ1v) is 3.72. The van der Waals surface area contributed by atoms with E-state index in [2.05, 4.69) is 5.32 Å². The van der Waals surface area contributed by atoms with E-state index >= 15 is 0 Å². The van der Waals surface area contributed by atoms with Crippen molar-refractivity contribution in [2.24, 2.45) is 0 Å². The van der Waals surface area contributed by atoms with Gasteiger partial charge in [-0.2, -0.15) is 0 Å². The molecule has 68 valence electrons. The lowest BCUT2D eigenvalue weighted by Gasteiger charge is -1.99. The summed E-state index contributed by atoms with van der Waals surface area (Å²) in [6.07, 6.45) is 4.12. The van der Waals surface area contributed by atoms with Crippen molar-refractivity contribution in [3.8, 4) is 0 Å². The average Bonchev–Trinajstić information content (AvgIpc) is 1.97. The molecule has 0 heterocycles. The molecule has 0 fully saturated rings. The minimum absolute atomic E-state index is 0. The van der Waals surface area contributed by atoms with Gasteiger partial charge in [-0.05, 0) is 38.6 Å². The number of nitrogens with one attached hydrogen (secondary N) is 2. The molecular weight excluding hydrogens is 208 g/mol. The molecule has 0 spiro atoms. The molecule has 4 heteroatoms. The van der Waals surface area contributed by atoms with Gasteiger partial charge in [0.15, 0.2) is 0 Å². The lowest BCUT2D eigenvalue weighted by molar-refractivity contribution is 0.286. The van der Waals surface area contributed by atoms with Gasteiger partial charge in [-0.25, -0.2) is 0 Å². The first-order chi connectivity index (χ1) is 4.91. The summed E-state index contributed by atoms with van der Waals surface area (Å²) in [7, 11) is 0. The maximum Gasteiger partial charge on any atom is 0.0443 e. The summed E-state index contributed by atoms with van der Waals surface area (Å²) in [4.78, 5) is 0. The van der Waals surface area contributed by atoms with Gasteiger partial charge in [0.05, 0.1) is 0 Å². The van der Waals surface area contributed by atoms with E-state index in [9.17, 15) is 0 Å². The summed E-state index contributed by atoms with van der Waals surface area (Å²) in [6, 6.07) is 0. The number of aliphatic hydroxyl groups excluding tert-OH is 1. The Morgan fingerprint density at radius 3 is 2.45 bits per heavy atom. The van der Waals surface area contributed by atoms with Crippen LogP contribution in [0, 0.1) is 5.41 Å². The summed E-state index contributed by atoms with van der Waals surface area (Å²) in [5.74, 6) is 0. The van der Waals surface area contributed by atoms with Gasteiger partial charge in [-0.3, -0.25) is 0 Å². The highest BCUT2D eigenvalue weighted by Gasteiger charge is 1.85. The largest absolute Gasteiger partial charge is 0.396 e. The third-order valence-electron chi connectivity index (χ3n) is 1.21. The van der Waals surface area contributed by atoms with E-state index < -0.39 is 0 Å². The van der Waals surface area contributed by atoms with Crippen molar-refractivity contribution < 1.29 is 5.11 Å². The molecule has 0 aliphatic rings. The molecule has 3 N–H and O–H groups in total. The maximum atomic E-state index is 8.39. The van der Waals surface area contributed by atoms with Crippen molar-refractivity contribution in [1.29, 1.82) is 5.41 Å². The van der Waals surface area contributed by atoms with Crippen LogP contribution < -0.4 is 5.32 Å². The van der Waals surface area contributed by atoms with Crippen LogP contribution in [0.1, 0.15) is 19.3 Å². The van der Waals surface area contributed by atoms with Crippen LogP contribution in [0.5, 0.6) is 0 Å². The number of aliphatic hydroxyl groups is 1. The van der Waals surface area contributed by atoms with E-state index in [4.69, 9.17) is 10.5 Å². The minimum Gasteiger partial charge on any atom is -0.396 e. The topological polar surface area (TPSA) is 56.1 Å². The molecule has 0 aliphatic carbocycles. The molecule has 0 saturated heterocycles. The molecule has 0 aromatic carbocycles. The van der Waals surface area contributed by atoms with Gasteiger partial charge in [-0.1, -0.05) is 0 Å². The van der Waals surface area contributed by atoms with Crippen molar-refractivity contribution in [3.05, 3.63) is 0 Å². The molecule has 0 atom stereocenters. The number of rotatable bonds is 7. The Kier molecular flexibility index (Phi) is 15.8. The Hall–Kier alpha value is 0.0700. The van der Waals surface area contributed by atoms with Crippen LogP contribution in [0.2, 0.25) is 0 Å². The molecule has 0 aliphatic heterocycles. The molecule has 0 saturated carbocycles. The Morgan fingerprint density at radius 2 is 1.91 bits per heavy atom. The average molecular weight is 225 g/mol. The van der Waals surface area contributed by atoms with Crippen LogP contribution in [0.3, 0.4) is 0 Å². The fourth-order valence-electron chi connectivity index (χ4n) is 0.658. The van der Waals surface area contributed by atoms with Gasteiger partial charge in [0.1, 0.15) is 0 Å². The van der Waals surface area contributed by atoms with Crippen molar-refractivity contribution in [1.82, 2.24) is 5.32 Å². The summed E-state index contributed by atoms with van der Waals surface area (Å²) < 4.78 is 0. The Labute approximate surface area is 78.5 Å². The highest BCUT2D eigenvalue weighted by molar-refractivity contribution is 8.93. The van der Waals surface area contributed by atoms with E-state index in [1.807, 2.05) is 0 Å². The van der Waals surface area contributed by atoms with Crippen LogP contribution >= 0.6 is 17.0 Å².